The summed E-state index contributed by atoms with van der Waals surface area (Å²) >= 11 is 5.94. The van der Waals surface area contributed by atoms with E-state index >= 15 is 0 Å². The van der Waals surface area contributed by atoms with Crippen molar-refractivity contribution in [3.8, 4) is 0 Å². The second-order valence-electron chi connectivity index (χ2n) is 5.81. The van der Waals surface area contributed by atoms with Gasteiger partial charge in [-0.05, 0) is 36.5 Å². The molecule has 0 amide bonds. The molecule has 0 bridgehead atoms. The van der Waals surface area contributed by atoms with Crippen LogP contribution in [0.2, 0.25) is 5.02 Å². The third kappa shape index (κ3) is 3.53. The molecular weight excluding hydrogens is 274 g/mol. The Hall–Kier alpha value is -1.06. The summed E-state index contributed by atoms with van der Waals surface area (Å²) in [5.41, 5.74) is 1.22. The lowest BCUT2D eigenvalue weighted by atomic mass is 9.88. The molecule has 3 atom stereocenters. The van der Waals surface area contributed by atoms with E-state index in [0.717, 1.165) is 24.4 Å². The number of hydrogen-bond donors (Lipinski definition) is 1. The molecule has 1 aliphatic heterocycles. The van der Waals surface area contributed by atoms with Gasteiger partial charge in [0.2, 0.25) is 0 Å². The molecule has 1 saturated heterocycles. The Bertz CT molecular complexity index is 460. The first kappa shape index (κ1) is 15.3. The third-order valence-corrected chi connectivity index (χ3v) is 4.37. The molecule has 2 rings (SSSR count). The van der Waals surface area contributed by atoms with Gasteiger partial charge in [0.15, 0.2) is 0 Å². The molecule has 1 aromatic carbocycles. The molecule has 3 unspecified atom stereocenters. The van der Waals surface area contributed by atoms with Crippen molar-refractivity contribution in [2.45, 2.75) is 32.7 Å². The fourth-order valence-corrected chi connectivity index (χ4v) is 3.34. The zero-order valence-electron chi connectivity index (χ0n) is 12.1. The average molecular weight is 296 g/mol. The number of carboxylic acid groups (broad SMARTS) is 1. The summed E-state index contributed by atoms with van der Waals surface area (Å²) in [6, 6.07) is 8.18. The van der Waals surface area contributed by atoms with Gasteiger partial charge in [-0.3, -0.25) is 9.69 Å². The minimum Gasteiger partial charge on any atom is -0.481 e. The molecule has 1 aliphatic rings. The highest BCUT2D eigenvalue weighted by atomic mass is 35.5. The van der Waals surface area contributed by atoms with Gasteiger partial charge in [0.25, 0.3) is 0 Å². The van der Waals surface area contributed by atoms with Crippen LogP contribution in [0.1, 0.15) is 38.3 Å². The van der Waals surface area contributed by atoms with Crippen LogP contribution in [-0.2, 0) is 4.79 Å². The highest BCUT2D eigenvalue weighted by molar-refractivity contribution is 6.30. The number of nitrogens with zero attached hydrogens (tertiary/aromatic N) is 1. The maximum atomic E-state index is 11.3. The van der Waals surface area contributed by atoms with Gasteiger partial charge in [-0.25, -0.2) is 0 Å². The molecule has 1 heterocycles. The van der Waals surface area contributed by atoms with E-state index in [0.29, 0.717) is 12.5 Å². The van der Waals surface area contributed by atoms with Gasteiger partial charge in [-0.2, -0.15) is 0 Å². The molecule has 1 fully saturated rings. The standard InChI is InChI=1S/C16H22ClNO2/c1-3-15(12-4-6-14(17)7-5-12)18-9-11(2)8-13(10-18)16(19)20/h4-7,11,13,15H,3,8-10H2,1-2H3,(H,19,20). The molecule has 0 radical (unpaired) electrons. The first-order chi connectivity index (χ1) is 9.51. The van der Waals surface area contributed by atoms with Crippen LogP contribution < -0.4 is 0 Å². The monoisotopic (exact) mass is 295 g/mol. The van der Waals surface area contributed by atoms with Crippen LogP contribution in [0, 0.1) is 11.8 Å². The normalized spacial score (nSPS) is 25.4. The van der Waals surface area contributed by atoms with Crippen LogP contribution in [0.25, 0.3) is 0 Å². The van der Waals surface area contributed by atoms with Crippen LogP contribution in [0.3, 0.4) is 0 Å². The molecule has 1 aromatic rings. The minimum absolute atomic E-state index is 0.250. The summed E-state index contributed by atoms with van der Waals surface area (Å²) in [6.45, 7) is 5.89. The summed E-state index contributed by atoms with van der Waals surface area (Å²) < 4.78 is 0. The molecule has 0 spiro atoms. The lowest BCUT2D eigenvalue weighted by molar-refractivity contribution is -0.144. The fraction of sp³-hybridized carbons (Fsp3) is 0.562. The number of hydrogen-bond acceptors (Lipinski definition) is 2. The number of rotatable bonds is 4. The number of benzene rings is 1. The van der Waals surface area contributed by atoms with Crippen molar-refractivity contribution >= 4 is 17.6 Å². The first-order valence-corrected chi connectivity index (χ1v) is 7.61. The third-order valence-electron chi connectivity index (χ3n) is 4.12. The molecule has 0 aromatic heterocycles. The van der Waals surface area contributed by atoms with E-state index in [4.69, 9.17) is 11.6 Å². The lowest BCUT2D eigenvalue weighted by Crippen LogP contribution is -2.44. The van der Waals surface area contributed by atoms with Crippen molar-refractivity contribution in [2.75, 3.05) is 13.1 Å². The summed E-state index contributed by atoms with van der Waals surface area (Å²) in [4.78, 5) is 13.6. The molecular formula is C16H22ClNO2. The zero-order chi connectivity index (χ0) is 14.7. The molecule has 4 heteroatoms. The maximum Gasteiger partial charge on any atom is 0.307 e. The van der Waals surface area contributed by atoms with Gasteiger partial charge in [0, 0.05) is 24.2 Å². The molecule has 0 aliphatic carbocycles. The molecule has 0 saturated carbocycles. The predicted octanol–water partition coefficient (Wildman–Crippen LogP) is 3.83. The molecule has 110 valence electrons. The van der Waals surface area contributed by atoms with E-state index in [1.165, 1.54) is 5.56 Å². The lowest BCUT2D eigenvalue weighted by Gasteiger charge is -2.39. The highest BCUT2D eigenvalue weighted by Crippen LogP contribution is 2.32. The minimum atomic E-state index is -0.674. The largest absolute Gasteiger partial charge is 0.481 e. The number of piperidine rings is 1. The Labute approximate surface area is 125 Å². The van der Waals surface area contributed by atoms with E-state index in [9.17, 15) is 9.90 Å². The number of carboxylic acids is 1. The maximum absolute atomic E-state index is 11.3. The van der Waals surface area contributed by atoms with E-state index in [-0.39, 0.29) is 12.0 Å². The van der Waals surface area contributed by atoms with Gasteiger partial charge in [-0.1, -0.05) is 37.6 Å². The van der Waals surface area contributed by atoms with E-state index in [2.05, 4.69) is 18.7 Å². The van der Waals surface area contributed by atoms with Crippen molar-refractivity contribution in [3.05, 3.63) is 34.9 Å². The zero-order valence-corrected chi connectivity index (χ0v) is 12.8. The molecule has 3 nitrogen and oxygen atoms in total. The van der Waals surface area contributed by atoms with E-state index in [1.54, 1.807) is 0 Å². The van der Waals surface area contributed by atoms with Gasteiger partial charge >= 0.3 is 5.97 Å². The molecule has 20 heavy (non-hydrogen) atoms. The van der Waals surface area contributed by atoms with E-state index in [1.807, 2.05) is 24.3 Å². The van der Waals surface area contributed by atoms with Crippen LogP contribution >= 0.6 is 11.6 Å². The Morgan fingerprint density at radius 1 is 1.40 bits per heavy atom. The van der Waals surface area contributed by atoms with Gasteiger partial charge in [-0.15, -0.1) is 0 Å². The van der Waals surface area contributed by atoms with Gasteiger partial charge in [0.05, 0.1) is 5.92 Å². The predicted molar refractivity (Wildman–Crippen MR) is 81.0 cm³/mol. The summed E-state index contributed by atoms with van der Waals surface area (Å²) in [7, 11) is 0. The van der Waals surface area contributed by atoms with Crippen molar-refractivity contribution in [1.82, 2.24) is 4.90 Å². The Morgan fingerprint density at radius 3 is 2.60 bits per heavy atom. The SMILES string of the molecule is CCC(c1ccc(Cl)cc1)N1CC(C)CC(C(=O)O)C1. The summed E-state index contributed by atoms with van der Waals surface area (Å²) in [5.74, 6) is -0.501. The number of likely N-dealkylation sites (tertiary alicyclic amines) is 1. The Morgan fingerprint density at radius 2 is 2.05 bits per heavy atom. The van der Waals surface area contributed by atoms with Crippen LogP contribution in [0.15, 0.2) is 24.3 Å². The Kier molecular flexibility index (Phi) is 5.06. The quantitative estimate of drug-likeness (QED) is 0.917. The second-order valence-corrected chi connectivity index (χ2v) is 6.24. The van der Waals surface area contributed by atoms with Crippen LogP contribution in [0.5, 0.6) is 0 Å². The average Bonchev–Trinajstić information content (AvgIpc) is 2.41. The molecule has 1 N–H and O–H groups in total. The summed E-state index contributed by atoms with van der Waals surface area (Å²) in [5, 5.41) is 10.0. The van der Waals surface area contributed by atoms with Gasteiger partial charge < -0.3 is 5.11 Å². The van der Waals surface area contributed by atoms with Crippen molar-refractivity contribution < 1.29 is 9.90 Å². The van der Waals surface area contributed by atoms with Crippen LogP contribution in [-0.4, -0.2) is 29.1 Å². The highest BCUT2D eigenvalue weighted by Gasteiger charge is 2.32. The number of aliphatic carboxylic acids is 1. The Balaban J connectivity index is 2.17. The van der Waals surface area contributed by atoms with E-state index < -0.39 is 5.97 Å². The van der Waals surface area contributed by atoms with Crippen LogP contribution in [0.4, 0.5) is 0 Å². The number of halogens is 1. The summed E-state index contributed by atoms with van der Waals surface area (Å²) in [6.07, 6.45) is 1.75. The van der Waals surface area contributed by atoms with Crippen molar-refractivity contribution in [1.29, 1.82) is 0 Å². The fourth-order valence-electron chi connectivity index (χ4n) is 3.22. The van der Waals surface area contributed by atoms with Crippen molar-refractivity contribution in [3.63, 3.8) is 0 Å². The smallest absolute Gasteiger partial charge is 0.307 e. The van der Waals surface area contributed by atoms with Gasteiger partial charge in [0.1, 0.15) is 0 Å². The second kappa shape index (κ2) is 6.59. The first-order valence-electron chi connectivity index (χ1n) is 7.23. The van der Waals surface area contributed by atoms with Crippen molar-refractivity contribution in [2.24, 2.45) is 11.8 Å². The topological polar surface area (TPSA) is 40.5 Å². The number of carbonyl (C=O) groups is 1.